The number of hydrogen-bond donors (Lipinski definition) is 1. The maximum absolute atomic E-state index is 12.3. The molecular weight excluding hydrogens is 340 g/mol. The second kappa shape index (κ2) is 7.54. The Kier molecular flexibility index (Phi) is 5.20. The molecule has 0 unspecified atom stereocenters. The lowest BCUT2D eigenvalue weighted by Crippen LogP contribution is -2.26. The van der Waals surface area contributed by atoms with Crippen molar-refractivity contribution in [2.24, 2.45) is 0 Å². The quantitative estimate of drug-likeness (QED) is 0.695. The number of aromatic nitrogens is 3. The molecule has 0 amide bonds. The van der Waals surface area contributed by atoms with Gasteiger partial charge in [-0.2, -0.15) is 0 Å². The summed E-state index contributed by atoms with van der Waals surface area (Å²) in [4.78, 5) is 4.23. The number of nitrogens with zero attached hydrogens (tertiary/aromatic N) is 3. The highest BCUT2D eigenvalue weighted by Crippen LogP contribution is 2.16. The zero-order valence-electron chi connectivity index (χ0n) is 13.7. The summed E-state index contributed by atoms with van der Waals surface area (Å²) in [6.45, 7) is 2.19. The first-order valence-electron chi connectivity index (χ1n) is 7.90. The minimum atomic E-state index is -3.55. The van der Waals surface area contributed by atoms with Crippen LogP contribution in [0.5, 0.6) is 0 Å². The molecule has 7 nitrogen and oxygen atoms in total. The highest BCUT2D eigenvalue weighted by molar-refractivity contribution is 7.89. The van der Waals surface area contributed by atoms with Gasteiger partial charge in [0.1, 0.15) is 0 Å². The second-order valence-corrected chi connectivity index (χ2v) is 7.15. The number of hydrogen-bond acceptors (Lipinski definition) is 6. The Morgan fingerprint density at radius 3 is 2.60 bits per heavy atom. The van der Waals surface area contributed by atoms with Crippen molar-refractivity contribution in [3.8, 4) is 11.5 Å². The van der Waals surface area contributed by atoms with E-state index in [1.54, 1.807) is 30.6 Å². The molecule has 3 aromatic rings. The van der Waals surface area contributed by atoms with E-state index in [1.165, 1.54) is 0 Å². The van der Waals surface area contributed by atoms with Crippen LogP contribution in [-0.4, -0.2) is 30.1 Å². The molecule has 0 saturated heterocycles. The lowest BCUT2D eigenvalue weighted by Gasteiger charge is -2.06. The predicted octanol–water partition coefficient (Wildman–Crippen LogP) is 2.21. The average molecular weight is 358 g/mol. The first-order valence-corrected chi connectivity index (χ1v) is 9.38. The third-order valence-corrected chi connectivity index (χ3v) is 5.13. The van der Waals surface area contributed by atoms with E-state index in [4.69, 9.17) is 4.42 Å². The minimum Gasteiger partial charge on any atom is -0.421 e. The van der Waals surface area contributed by atoms with Crippen molar-refractivity contribution in [1.29, 1.82) is 0 Å². The molecule has 2 heterocycles. The number of nitrogens with one attached hydrogen (secondary N) is 1. The van der Waals surface area contributed by atoms with Gasteiger partial charge in [-0.05, 0) is 36.2 Å². The third-order valence-electron chi connectivity index (χ3n) is 3.65. The van der Waals surface area contributed by atoms with Gasteiger partial charge in [-0.1, -0.05) is 19.1 Å². The summed E-state index contributed by atoms with van der Waals surface area (Å²) in [6.07, 6.45) is 4.45. The van der Waals surface area contributed by atoms with E-state index in [9.17, 15) is 8.42 Å². The molecule has 0 bridgehead atoms. The Morgan fingerprint density at radius 1 is 1.12 bits per heavy atom. The highest BCUT2D eigenvalue weighted by atomic mass is 32.2. The molecule has 8 heteroatoms. The molecule has 0 atom stereocenters. The Bertz CT molecular complexity index is 922. The molecule has 25 heavy (non-hydrogen) atoms. The molecule has 0 spiro atoms. The molecule has 0 radical (unpaired) electrons. The zero-order chi connectivity index (χ0) is 17.7. The van der Waals surface area contributed by atoms with E-state index in [1.807, 2.05) is 25.1 Å². The van der Waals surface area contributed by atoms with E-state index < -0.39 is 10.0 Å². The molecule has 0 aliphatic rings. The van der Waals surface area contributed by atoms with Crippen LogP contribution in [0.15, 0.2) is 58.1 Å². The van der Waals surface area contributed by atoms with Crippen LogP contribution >= 0.6 is 0 Å². The summed E-state index contributed by atoms with van der Waals surface area (Å²) in [7, 11) is -3.55. The molecule has 1 N–H and O–H groups in total. The molecule has 1 aromatic carbocycles. The van der Waals surface area contributed by atoms with Gasteiger partial charge in [-0.25, -0.2) is 13.1 Å². The lowest BCUT2D eigenvalue weighted by atomic mass is 10.2. The summed E-state index contributed by atoms with van der Waals surface area (Å²) in [5, 5.41) is 7.87. The van der Waals surface area contributed by atoms with Gasteiger partial charge < -0.3 is 4.42 Å². The van der Waals surface area contributed by atoms with Crippen molar-refractivity contribution >= 4 is 10.0 Å². The van der Waals surface area contributed by atoms with Crippen LogP contribution in [0, 0.1) is 0 Å². The van der Waals surface area contributed by atoms with Gasteiger partial charge in [0.2, 0.25) is 21.8 Å². The number of rotatable bonds is 7. The largest absolute Gasteiger partial charge is 0.421 e. The van der Waals surface area contributed by atoms with E-state index in [-0.39, 0.29) is 11.4 Å². The van der Waals surface area contributed by atoms with Crippen molar-refractivity contribution in [3.63, 3.8) is 0 Å². The molecule has 3 rings (SSSR count). The van der Waals surface area contributed by atoms with E-state index >= 15 is 0 Å². The van der Waals surface area contributed by atoms with Crippen molar-refractivity contribution in [2.45, 2.75) is 24.7 Å². The van der Waals surface area contributed by atoms with Gasteiger partial charge in [0, 0.05) is 25.4 Å². The molecule has 0 fully saturated rings. The topological polar surface area (TPSA) is 98.0 Å². The van der Waals surface area contributed by atoms with Gasteiger partial charge in [-0.15, -0.1) is 10.2 Å². The van der Waals surface area contributed by atoms with Gasteiger partial charge in [0.15, 0.2) is 0 Å². The number of sulfonamides is 1. The van der Waals surface area contributed by atoms with Crippen LogP contribution in [0.25, 0.3) is 11.5 Å². The zero-order valence-corrected chi connectivity index (χ0v) is 14.5. The van der Waals surface area contributed by atoms with Crippen LogP contribution < -0.4 is 4.72 Å². The van der Waals surface area contributed by atoms with Crippen LogP contribution in [0.1, 0.15) is 18.4 Å². The van der Waals surface area contributed by atoms with Crippen molar-refractivity contribution < 1.29 is 12.8 Å². The average Bonchev–Trinajstić information content (AvgIpc) is 3.11. The maximum Gasteiger partial charge on any atom is 0.249 e. The van der Waals surface area contributed by atoms with E-state index in [0.717, 1.165) is 17.5 Å². The Labute approximate surface area is 146 Å². The van der Waals surface area contributed by atoms with Crippen LogP contribution in [0.2, 0.25) is 0 Å². The predicted molar refractivity (Wildman–Crippen MR) is 92.2 cm³/mol. The first kappa shape index (κ1) is 17.2. The molecule has 0 aliphatic carbocycles. The summed E-state index contributed by atoms with van der Waals surface area (Å²) in [5.41, 5.74) is 1.81. The Hall–Kier alpha value is -2.58. The molecule has 130 valence electrons. The number of pyridine rings is 1. The fraction of sp³-hybridized carbons (Fsp3) is 0.235. The number of aryl methyl sites for hydroxylation is 1. The molecule has 0 saturated carbocycles. The first-order chi connectivity index (χ1) is 12.1. The maximum atomic E-state index is 12.3. The second-order valence-electron chi connectivity index (χ2n) is 5.39. The van der Waals surface area contributed by atoms with Crippen LogP contribution in [-0.2, 0) is 22.9 Å². The van der Waals surface area contributed by atoms with Crippen molar-refractivity contribution in [3.05, 3.63) is 60.2 Å². The van der Waals surface area contributed by atoms with E-state index in [2.05, 4.69) is 19.9 Å². The van der Waals surface area contributed by atoms with Crippen molar-refractivity contribution in [1.82, 2.24) is 19.9 Å². The van der Waals surface area contributed by atoms with E-state index in [0.29, 0.717) is 18.2 Å². The summed E-state index contributed by atoms with van der Waals surface area (Å²) in [6, 6.07) is 10.4. The standard InChI is InChI=1S/C17H18N4O3S/c1-2-13-5-7-15(8-6-13)25(22,23)19-11-9-16-20-21-17(24-16)14-4-3-10-18-12-14/h3-8,10,12,19H,2,9,11H2,1H3. The Balaban J connectivity index is 1.59. The van der Waals surface area contributed by atoms with Crippen molar-refractivity contribution in [2.75, 3.05) is 6.54 Å². The summed E-state index contributed by atoms with van der Waals surface area (Å²) >= 11 is 0. The monoisotopic (exact) mass is 358 g/mol. The summed E-state index contributed by atoms with van der Waals surface area (Å²) < 4.78 is 32.6. The SMILES string of the molecule is CCc1ccc(S(=O)(=O)NCCc2nnc(-c3cccnc3)o2)cc1. The molecular formula is C17H18N4O3S. The number of benzene rings is 1. The van der Waals surface area contributed by atoms with Gasteiger partial charge in [0.05, 0.1) is 10.5 Å². The molecule has 0 aliphatic heterocycles. The summed E-state index contributed by atoms with van der Waals surface area (Å²) in [5.74, 6) is 0.726. The van der Waals surface area contributed by atoms with Gasteiger partial charge in [-0.3, -0.25) is 4.98 Å². The minimum absolute atomic E-state index is 0.173. The lowest BCUT2D eigenvalue weighted by molar-refractivity contribution is 0.501. The molecule has 2 aromatic heterocycles. The fourth-order valence-corrected chi connectivity index (χ4v) is 3.27. The highest BCUT2D eigenvalue weighted by Gasteiger charge is 2.14. The smallest absolute Gasteiger partial charge is 0.249 e. The fourth-order valence-electron chi connectivity index (χ4n) is 2.24. The van der Waals surface area contributed by atoms with Gasteiger partial charge in [0.25, 0.3) is 0 Å². The van der Waals surface area contributed by atoms with Crippen LogP contribution in [0.3, 0.4) is 0 Å². The Morgan fingerprint density at radius 2 is 1.92 bits per heavy atom. The normalized spacial score (nSPS) is 11.6. The van der Waals surface area contributed by atoms with Crippen LogP contribution in [0.4, 0.5) is 0 Å². The van der Waals surface area contributed by atoms with Gasteiger partial charge >= 0.3 is 0 Å². The third kappa shape index (κ3) is 4.28.